The lowest BCUT2D eigenvalue weighted by molar-refractivity contribution is 0.172. The third kappa shape index (κ3) is 4.21. The summed E-state index contributed by atoms with van der Waals surface area (Å²) in [7, 11) is 0. The molecule has 0 radical (unpaired) electrons. The molecule has 1 saturated carbocycles. The van der Waals surface area contributed by atoms with Crippen molar-refractivity contribution in [3.63, 3.8) is 0 Å². The van der Waals surface area contributed by atoms with E-state index in [-0.39, 0.29) is 6.03 Å². The molecule has 1 fully saturated rings. The Balaban J connectivity index is 2.03. The van der Waals surface area contributed by atoms with Gasteiger partial charge in [-0.3, -0.25) is 0 Å². The van der Waals surface area contributed by atoms with Gasteiger partial charge >= 0.3 is 6.03 Å². The fourth-order valence-corrected chi connectivity index (χ4v) is 3.03. The van der Waals surface area contributed by atoms with Crippen LogP contribution in [0, 0.1) is 0 Å². The number of carbonyl (C=O) groups excluding carboxylic acids is 1. The molecule has 21 heavy (non-hydrogen) atoms. The molecule has 0 bridgehead atoms. The van der Waals surface area contributed by atoms with Crippen molar-refractivity contribution in [2.24, 2.45) is 0 Å². The summed E-state index contributed by atoms with van der Waals surface area (Å²) in [6, 6.07) is 7.74. The van der Waals surface area contributed by atoms with Crippen molar-refractivity contribution < 1.29 is 9.90 Å². The minimum absolute atomic E-state index is 0.0351. The number of anilines is 1. The molecule has 0 aliphatic heterocycles. The molecule has 4 heteroatoms. The fourth-order valence-electron chi connectivity index (χ4n) is 3.03. The fraction of sp³-hybridized carbons (Fsp3) is 0.588. The Hall–Kier alpha value is -1.55. The standard InChI is InChI=1S/C17H26N2O2/c1-3-19(16-10-5-4-6-11-16)17(21)18-15-9-7-8-14(12-15)13(2)20/h7-9,12-13,16,20H,3-6,10-11H2,1-2H3,(H,18,21). The Morgan fingerprint density at radius 2 is 2.10 bits per heavy atom. The van der Waals surface area contributed by atoms with E-state index in [4.69, 9.17) is 0 Å². The molecular formula is C17H26N2O2. The Bertz CT molecular complexity index is 468. The first-order chi connectivity index (χ1) is 10.1. The molecule has 1 aromatic carbocycles. The summed E-state index contributed by atoms with van der Waals surface area (Å²) in [6.07, 6.45) is 5.40. The second-order valence-electron chi connectivity index (χ2n) is 5.81. The zero-order valence-corrected chi connectivity index (χ0v) is 13.0. The largest absolute Gasteiger partial charge is 0.389 e. The molecule has 2 amide bonds. The summed E-state index contributed by atoms with van der Waals surface area (Å²) < 4.78 is 0. The number of aliphatic hydroxyl groups excluding tert-OH is 1. The van der Waals surface area contributed by atoms with Crippen LogP contribution >= 0.6 is 0 Å². The van der Waals surface area contributed by atoms with E-state index in [0.29, 0.717) is 6.04 Å². The predicted octanol–water partition coefficient (Wildman–Crippen LogP) is 3.93. The lowest BCUT2D eigenvalue weighted by atomic mass is 9.94. The van der Waals surface area contributed by atoms with Gasteiger partial charge < -0.3 is 15.3 Å². The van der Waals surface area contributed by atoms with E-state index < -0.39 is 6.10 Å². The summed E-state index contributed by atoms with van der Waals surface area (Å²) >= 11 is 0. The number of nitrogens with one attached hydrogen (secondary N) is 1. The Morgan fingerprint density at radius 3 is 2.71 bits per heavy atom. The molecule has 0 saturated heterocycles. The van der Waals surface area contributed by atoms with E-state index in [1.54, 1.807) is 6.92 Å². The van der Waals surface area contributed by atoms with Crippen LogP contribution in [-0.4, -0.2) is 28.6 Å². The first kappa shape index (κ1) is 15.8. The highest BCUT2D eigenvalue weighted by Gasteiger charge is 2.24. The number of aliphatic hydroxyl groups is 1. The maximum Gasteiger partial charge on any atom is 0.322 e. The van der Waals surface area contributed by atoms with Crippen LogP contribution in [0.15, 0.2) is 24.3 Å². The predicted molar refractivity (Wildman–Crippen MR) is 85.3 cm³/mol. The minimum Gasteiger partial charge on any atom is -0.389 e. The minimum atomic E-state index is -0.525. The van der Waals surface area contributed by atoms with Gasteiger partial charge in [0.15, 0.2) is 0 Å². The van der Waals surface area contributed by atoms with E-state index >= 15 is 0 Å². The molecule has 1 unspecified atom stereocenters. The van der Waals surface area contributed by atoms with Gasteiger partial charge in [0.2, 0.25) is 0 Å². The zero-order valence-electron chi connectivity index (χ0n) is 13.0. The summed E-state index contributed by atoms with van der Waals surface area (Å²) in [4.78, 5) is 14.4. The van der Waals surface area contributed by atoms with E-state index in [9.17, 15) is 9.90 Å². The first-order valence-electron chi connectivity index (χ1n) is 7.97. The summed E-state index contributed by atoms with van der Waals surface area (Å²) in [5.74, 6) is 0. The van der Waals surface area contributed by atoms with Crippen LogP contribution in [0.4, 0.5) is 10.5 Å². The van der Waals surface area contributed by atoms with Crippen LogP contribution in [0.1, 0.15) is 57.6 Å². The number of hydrogen-bond acceptors (Lipinski definition) is 2. The van der Waals surface area contributed by atoms with Crippen LogP contribution in [0.5, 0.6) is 0 Å². The van der Waals surface area contributed by atoms with Crippen molar-refractivity contribution in [2.45, 2.75) is 58.1 Å². The molecule has 1 aliphatic carbocycles. The molecule has 2 N–H and O–H groups in total. The Morgan fingerprint density at radius 1 is 1.38 bits per heavy atom. The highest BCUT2D eigenvalue weighted by molar-refractivity contribution is 5.89. The molecule has 116 valence electrons. The average molecular weight is 290 g/mol. The van der Waals surface area contributed by atoms with Gasteiger partial charge in [-0.15, -0.1) is 0 Å². The van der Waals surface area contributed by atoms with Crippen LogP contribution < -0.4 is 5.32 Å². The van der Waals surface area contributed by atoms with Crippen molar-refractivity contribution in [1.29, 1.82) is 0 Å². The average Bonchev–Trinajstić information content (AvgIpc) is 2.49. The highest BCUT2D eigenvalue weighted by Crippen LogP contribution is 2.23. The lowest BCUT2D eigenvalue weighted by Crippen LogP contribution is -2.43. The summed E-state index contributed by atoms with van der Waals surface area (Å²) in [5, 5.41) is 12.6. The Labute approximate surface area is 127 Å². The van der Waals surface area contributed by atoms with Gasteiger partial charge in [0.1, 0.15) is 0 Å². The number of carbonyl (C=O) groups is 1. The highest BCUT2D eigenvalue weighted by atomic mass is 16.3. The second kappa shape index (κ2) is 7.46. The van der Waals surface area contributed by atoms with Crippen LogP contribution in [-0.2, 0) is 0 Å². The monoisotopic (exact) mass is 290 g/mol. The van der Waals surface area contributed by atoms with Gasteiger partial charge in [-0.1, -0.05) is 31.4 Å². The third-order valence-corrected chi connectivity index (χ3v) is 4.24. The molecule has 1 aromatic rings. The molecule has 1 atom stereocenters. The molecule has 4 nitrogen and oxygen atoms in total. The maximum absolute atomic E-state index is 12.5. The van der Waals surface area contributed by atoms with E-state index in [0.717, 1.165) is 30.6 Å². The van der Waals surface area contributed by atoms with Gasteiger partial charge in [-0.2, -0.15) is 0 Å². The number of benzene rings is 1. The quantitative estimate of drug-likeness (QED) is 0.883. The number of amides is 2. The Kier molecular flexibility index (Phi) is 5.62. The molecule has 0 spiro atoms. The first-order valence-corrected chi connectivity index (χ1v) is 7.97. The van der Waals surface area contributed by atoms with Crippen LogP contribution in [0.2, 0.25) is 0 Å². The number of urea groups is 1. The zero-order chi connectivity index (χ0) is 15.2. The molecular weight excluding hydrogens is 264 g/mol. The smallest absolute Gasteiger partial charge is 0.322 e. The number of hydrogen-bond donors (Lipinski definition) is 2. The maximum atomic E-state index is 12.5. The number of rotatable bonds is 4. The van der Waals surface area contributed by atoms with Crippen LogP contribution in [0.25, 0.3) is 0 Å². The molecule has 2 rings (SSSR count). The van der Waals surface area contributed by atoms with Crippen molar-refractivity contribution in [1.82, 2.24) is 4.90 Å². The van der Waals surface area contributed by atoms with Gasteiger partial charge in [0.05, 0.1) is 6.10 Å². The van der Waals surface area contributed by atoms with E-state index in [1.165, 1.54) is 19.3 Å². The van der Waals surface area contributed by atoms with E-state index in [1.807, 2.05) is 36.1 Å². The van der Waals surface area contributed by atoms with E-state index in [2.05, 4.69) is 5.32 Å². The van der Waals surface area contributed by atoms with Crippen molar-refractivity contribution >= 4 is 11.7 Å². The van der Waals surface area contributed by atoms with Crippen molar-refractivity contribution in [2.75, 3.05) is 11.9 Å². The normalized spacial score (nSPS) is 17.3. The van der Waals surface area contributed by atoms with Crippen molar-refractivity contribution in [3.8, 4) is 0 Å². The lowest BCUT2D eigenvalue weighted by Gasteiger charge is -2.33. The second-order valence-corrected chi connectivity index (χ2v) is 5.81. The summed E-state index contributed by atoms with van der Waals surface area (Å²) in [6.45, 7) is 4.48. The molecule has 0 heterocycles. The molecule has 0 aromatic heterocycles. The topological polar surface area (TPSA) is 52.6 Å². The molecule has 1 aliphatic rings. The van der Waals surface area contributed by atoms with Gasteiger partial charge in [0, 0.05) is 18.3 Å². The van der Waals surface area contributed by atoms with Gasteiger partial charge in [-0.05, 0) is 44.4 Å². The van der Waals surface area contributed by atoms with Crippen molar-refractivity contribution in [3.05, 3.63) is 29.8 Å². The number of nitrogens with zero attached hydrogens (tertiary/aromatic N) is 1. The summed E-state index contributed by atoms with van der Waals surface area (Å²) in [5.41, 5.74) is 1.56. The SMILES string of the molecule is CCN(C(=O)Nc1cccc(C(C)O)c1)C1CCCCC1. The van der Waals surface area contributed by atoms with Crippen LogP contribution in [0.3, 0.4) is 0 Å². The third-order valence-electron chi connectivity index (χ3n) is 4.24. The van der Waals surface area contributed by atoms with Gasteiger partial charge in [0.25, 0.3) is 0 Å². The van der Waals surface area contributed by atoms with Gasteiger partial charge in [-0.25, -0.2) is 4.79 Å².